The first-order chi connectivity index (χ1) is 12.1. The molecule has 0 atom stereocenters. The first-order valence-corrected chi connectivity index (χ1v) is 7.75. The Labute approximate surface area is 148 Å². The van der Waals surface area contributed by atoms with Crippen LogP contribution in [0.3, 0.4) is 0 Å². The summed E-state index contributed by atoms with van der Waals surface area (Å²) >= 11 is 0. The third-order valence-electron chi connectivity index (χ3n) is 3.56. The summed E-state index contributed by atoms with van der Waals surface area (Å²) in [6.45, 7) is 4.53. The average Bonchev–Trinajstić information content (AvgIpc) is 2.55. The van der Waals surface area contributed by atoms with Crippen molar-refractivity contribution in [2.45, 2.75) is 32.9 Å². The number of carbonyl (C=O) groups is 2. The number of aromatic hydroxyl groups is 1. The summed E-state index contributed by atoms with van der Waals surface area (Å²) in [4.78, 5) is 41.9. The third-order valence-corrected chi connectivity index (χ3v) is 3.56. The van der Waals surface area contributed by atoms with Crippen LogP contribution < -0.4 is 16.2 Å². The Bertz CT molecular complexity index is 891. The van der Waals surface area contributed by atoms with Crippen LogP contribution in [0.1, 0.15) is 42.6 Å². The molecule has 0 saturated carbocycles. The van der Waals surface area contributed by atoms with E-state index >= 15 is 0 Å². The largest absolute Gasteiger partial charge is 0.501 e. The Morgan fingerprint density at radius 2 is 1.88 bits per heavy atom. The average molecular weight is 362 g/mol. The van der Waals surface area contributed by atoms with Gasteiger partial charge in [-0.05, 0) is 31.5 Å². The van der Waals surface area contributed by atoms with Crippen LogP contribution in [0.4, 0.5) is 4.39 Å². The number of halogens is 1. The highest BCUT2D eigenvalue weighted by Gasteiger charge is 2.28. The second-order valence-corrected chi connectivity index (χ2v) is 6.23. The molecule has 2 amide bonds. The SMILES string of the molecule is CC(=O)NC(C)(C)c1nc(C(=O)NCc2ccc(F)cc2)c(O)c(=O)[nH]1. The van der Waals surface area contributed by atoms with Crippen molar-refractivity contribution in [3.63, 3.8) is 0 Å². The van der Waals surface area contributed by atoms with Crippen LogP contribution in [0.25, 0.3) is 0 Å². The van der Waals surface area contributed by atoms with Gasteiger partial charge in [-0.25, -0.2) is 9.37 Å². The normalized spacial score (nSPS) is 11.1. The highest BCUT2D eigenvalue weighted by molar-refractivity contribution is 5.94. The van der Waals surface area contributed by atoms with Gasteiger partial charge in [-0.1, -0.05) is 12.1 Å². The van der Waals surface area contributed by atoms with E-state index in [-0.39, 0.29) is 18.3 Å². The van der Waals surface area contributed by atoms with Crippen LogP contribution in [0, 0.1) is 5.82 Å². The number of carbonyl (C=O) groups excluding carboxylic acids is 2. The van der Waals surface area contributed by atoms with Crippen LogP contribution in [-0.2, 0) is 16.9 Å². The van der Waals surface area contributed by atoms with E-state index in [1.54, 1.807) is 13.8 Å². The highest BCUT2D eigenvalue weighted by Crippen LogP contribution is 2.18. The molecule has 1 aromatic carbocycles. The van der Waals surface area contributed by atoms with E-state index in [0.717, 1.165) is 0 Å². The number of nitrogens with zero attached hydrogens (tertiary/aromatic N) is 1. The number of hydrogen-bond acceptors (Lipinski definition) is 5. The van der Waals surface area contributed by atoms with Crippen molar-refractivity contribution >= 4 is 11.8 Å². The van der Waals surface area contributed by atoms with Gasteiger partial charge in [0.15, 0.2) is 5.69 Å². The first-order valence-electron chi connectivity index (χ1n) is 7.75. The molecular weight excluding hydrogens is 343 g/mol. The number of benzene rings is 1. The number of nitrogens with one attached hydrogen (secondary N) is 3. The zero-order valence-corrected chi connectivity index (χ0v) is 14.5. The summed E-state index contributed by atoms with van der Waals surface area (Å²) in [6.07, 6.45) is 0. The summed E-state index contributed by atoms with van der Waals surface area (Å²) in [5.41, 5.74) is -1.81. The zero-order chi connectivity index (χ0) is 19.5. The van der Waals surface area contributed by atoms with Gasteiger partial charge in [-0.2, -0.15) is 0 Å². The lowest BCUT2D eigenvalue weighted by atomic mass is 10.0. The second-order valence-electron chi connectivity index (χ2n) is 6.23. The quantitative estimate of drug-likeness (QED) is 0.629. The predicted molar refractivity (Wildman–Crippen MR) is 90.9 cm³/mol. The Hall–Kier alpha value is -3.23. The van der Waals surface area contributed by atoms with Crippen molar-refractivity contribution in [1.29, 1.82) is 0 Å². The fourth-order valence-electron chi connectivity index (χ4n) is 2.29. The van der Waals surface area contributed by atoms with Gasteiger partial charge in [0, 0.05) is 13.5 Å². The molecule has 26 heavy (non-hydrogen) atoms. The highest BCUT2D eigenvalue weighted by atomic mass is 19.1. The summed E-state index contributed by atoms with van der Waals surface area (Å²) < 4.78 is 12.9. The number of aromatic nitrogens is 2. The van der Waals surface area contributed by atoms with E-state index in [9.17, 15) is 23.9 Å². The predicted octanol–water partition coefficient (Wildman–Crippen LogP) is 0.916. The molecule has 138 valence electrons. The summed E-state index contributed by atoms with van der Waals surface area (Å²) in [6, 6.07) is 5.48. The van der Waals surface area contributed by atoms with E-state index in [1.165, 1.54) is 31.2 Å². The van der Waals surface area contributed by atoms with Gasteiger partial charge in [0.05, 0.1) is 5.54 Å². The Balaban J connectivity index is 2.27. The molecule has 0 aliphatic rings. The lowest BCUT2D eigenvalue weighted by Crippen LogP contribution is -2.42. The van der Waals surface area contributed by atoms with Gasteiger partial charge in [0.1, 0.15) is 11.6 Å². The van der Waals surface area contributed by atoms with Gasteiger partial charge in [-0.3, -0.25) is 14.4 Å². The van der Waals surface area contributed by atoms with Gasteiger partial charge >= 0.3 is 0 Å². The lowest BCUT2D eigenvalue weighted by molar-refractivity contribution is -0.120. The van der Waals surface area contributed by atoms with Crippen LogP contribution in [0.5, 0.6) is 5.75 Å². The molecule has 2 rings (SSSR count). The summed E-state index contributed by atoms with van der Waals surface area (Å²) in [5.74, 6) is -2.35. The molecule has 0 bridgehead atoms. The van der Waals surface area contributed by atoms with Crippen LogP contribution in [-0.4, -0.2) is 26.9 Å². The standard InChI is InChI=1S/C17H19FN4O4/c1-9(23)22-17(2,3)16-20-12(13(24)15(26)21-16)14(25)19-8-10-4-6-11(18)7-5-10/h4-7,24H,8H2,1-3H3,(H,19,25)(H,22,23)(H,20,21,26). The number of rotatable bonds is 5. The minimum atomic E-state index is -1.06. The molecule has 0 aliphatic carbocycles. The van der Waals surface area contributed by atoms with Gasteiger partial charge < -0.3 is 20.7 Å². The monoisotopic (exact) mass is 362 g/mol. The third kappa shape index (κ3) is 4.44. The molecule has 9 heteroatoms. The molecule has 0 unspecified atom stereocenters. The van der Waals surface area contributed by atoms with Crippen molar-refractivity contribution in [2.75, 3.05) is 0 Å². The zero-order valence-electron chi connectivity index (χ0n) is 14.5. The number of hydrogen-bond donors (Lipinski definition) is 4. The molecule has 0 fully saturated rings. The van der Waals surface area contributed by atoms with E-state index in [4.69, 9.17) is 0 Å². The Morgan fingerprint density at radius 1 is 1.27 bits per heavy atom. The minimum Gasteiger partial charge on any atom is -0.501 e. The molecule has 4 N–H and O–H groups in total. The van der Waals surface area contributed by atoms with E-state index in [1.807, 2.05) is 0 Å². The topological polar surface area (TPSA) is 124 Å². The maximum atomic E-state index is 12.9. The molecule has 0 aliphatic heterocycles. The fourth-order valence-corrected chi connectivity index (χ4v) is 2.29. The molecule has 1 heterocycles. The van der Waals surface area contributed by atoms with Gasteiger partial charge in [0.2, 0.25) is 11.7 Å². The van der Waals surface area contributed by atoms with Gasteiger partial charge in [-0.15, -0.1) is 0 Å². The number of aromatic amines is 1. The van der Waals surface area contributed by atoms with Crippen LogP contribution in [0.15, 0.2) is 29.1 Å². The molecular formula is C17H19FN4O4. The first kappa shape index (κ1) is 19.1. The van der Waals surface area contributed by atoms with Crippen molar-refractivity contribution in [2.24, 2.45) is 0 Å². The van der Waals surface area contributed by atoms with Crippen molar-refractivity contribution in [3.8, 4) is 5.75 Å². The van der Waals surface area contributed by atoms with E-state index < -0.39 is 34.3 Å². The second kappa shape index (κ2) is 7.34. The summed E-state index contributed by atoms with van der Waals surface area (Å²) in [7, 11) is 0. The summed E-state index contributed by atoms with van der Waals surface area (Å²) in [5, 5.41) is 15.0. The van der Waals surface area contributed by atoms with Crippen molar-refractivity contribution in [1.82, 2.24) is 20.6 Å². The van der Waals surface area contributed by atoms with Crippen LogP contribution in [0.2, 0.25) is 0 Å². The van der Waals surface area contributed by atoms with Crippen molar-refractivity contribution < 1.29 is 19.1 Å². The molecule has 0 spiro atoms. The van der Waals surface area contributed by atoms with Gasteiger partial charge in [0.25, 0.3) is 11.5 Å². The van der Waals surface area contributed by atoms with Crippen molar-refractivity contribution in [3.05, 3.63) is 57.5 Å². The number of amides is 2. The maximum Gasteiger partial charge on any atom is 0.294 e. The molecule has 1 aromatic heterocycles. The Morgan fingerprint density at radius 3 is 2.46 bits per heavy atom. The lowest BCUT2D eigenvalue weighted by Gasteiger charge is -2.24. The number of H-pyrrole nitrogens is 1. The molecule has 8 nitrogen and oxygen atoms in total. The molecule has 0 saturated heterocycles. The Kier molecular flexibility index (Phi) is 5.39. The van der Waals surface area contributed by atoms with Crippen LogP contribution >= 0.6 is 0 Å². The fraction of sp³-hybridized carbons (Fsp3) is 0.294. The smallest absolute Gasteiger partial charge is 0.294 e. The van der Waals surface area contributed by atoms with E-state index in [2.05, 4.69) is 20.6 Å². The maximum absolute atomic E-state index is 12.9. The molecule has 0 radical (unpaired) electrons. The minimum absolute atomic E-state index is 0.0161. The molecule has 2 aromatic rings. The van der Waals surface area contributed by atoms with E-state index in [0.29, 0.717) is 5.56 Å².